The number of methoxy groups -OCH3 is 1. The second-order valence-electron chi connectivity index (χ2n) is 6.00. The Morgan fingerprint density at radius 1 is 1.00 bits per heavy atom. The number of carbonyl (C=O) groups is 2. The number of hydrogen-bond acceptors (Lipinski definition) is 3. The third-order valence-electron chi connectivity index (χ3n) is 4.11. The first kappa shape index (κ1) is 16.1. The minimum absolute atomic E-state index is 0.110. The second-order valence-corrected chi connectivity index (χ2v) is 6.00. The number of aryl methyl sites for hydroxylation is 1. The number of para-hydroxylation sites is 2. The average molecular weight is 324 g/mol. The Hall–Kier alpha value is -2.82. The highest BCUT2D eigenvalue weighted by molar-refractivity contribution is 6.03. The van der Waals surface area contributed by atoms with Crippen LogP contribution >= 0.6 is 0 Å². The lowest BCUT2D eigenvalue weighted by Gasteiger charge is -2.10. The fourth-order valence-electron chi connectivity index (χ4n) is 2.71. The molecule has 2 amide bonds. The van der Waals surface area contributed by atoms with Crippen molar-refractivity contribution >= 4 is 23.2 Å². The van der Waals surface area contributed by atoms with Crippen LogP contribution in [-0.4, -0.2) is 18.9 Å². The van der Waals surface area contributed by atoms with Crippen molar-refractivity contribution in [2.75, 3.05) is 17.7 Å². The van der Waals surface area contributed by atoms with Crippen molar-refractivity contribution in [3.63, 3.8) is 0 Å². The summed E-state index contributed by atoms with van der Waals surface area (Å²) in [4.78, 5) is 24.6. The smallest absolute Gasteiger partial charge is 0.228 e. The molecule has 0 aromatic heterocycles. The van der Waals surface area contributed by atoms with E-state index in [1.165, 1.54) is 0 Å². The number of nitrogens with one attached hydrogen (secondary N) is 2. The summed E-state index contributed by atoms with van der Waals surface area (Å²) in [5.41, 5.74) is 2.46. The molecular weight excluding hydrogens is 304 g/mol. The van der Waals surface area contributed by atoms with Crippen LogP contribution in [0.15, 0.2) is 48.5 Å². The van der Waals surface area contributed by atoms with Crippen LogP contribution in [0, 0.1) is 18.8 Å². The molecule has 2 aromatic rings. The topological polar surface area (TPSA) is 67.4 Å². The van der Waals surface area contributed by atoms with Gasteiger partial charge in [0.1, 0.15) is 5.75 Å². The molecule has 124 valence electrons. The van der Waals surface area contributed by atoms with Crippen LogP contribution in [0.5, 0.6) is 5.75 Å². The molecule has 1 aliphatic rings. The number of amides is 2. The molecule has 24 heavy (non-hydrogen) atoms. The maximum absolute atomic E-state index is 12.3. The third kappa shape index (κ3) is 3.56. The molecular formula is C19H20N2O3. The normalized spacial score (nSPS) is 18.6. The Morgan fingerprint density at radius 2 is 1.71 bits per heavy atom. The standard InChI is InChI=1S/C19H20N2O3/c1-12-6-5-7-13(10-12)20-18(22)14-11-15(14)19(23)21-16-8-3-4-9-17(16)24-2/h3-10,14-15H,11H2,1-2H3,(H,20,22)(H,21,23). The Morgan fingerprint density at radius 3 is 2.42 bits per heavy atom. The molecule has 0 saturated heterocycles. The number of hydrogen-bond donors (Lipinski definition) is 2. The van der Waals surface area contributed by atoms with Crippen LogP contribution in [0.25, 0.3) is 0 Å². The van der Waals surface area contributed by atoms with Crippen LogP contribution in [0.4, 0.5) is 11.4 Å². The average Bonchev–Trinajstić information content (AvgIpc) is 3.36. The Labute approximate surface area is 141 Å². The maximum Gasteiger partial charge on any atom is 0.228 e. The van der Waals surface area contributed by atoms with Gasteiger partial charge >= 0.3 is 0 Å². The molecule has 2 aromatic carbocycles. The molecule has 5 nitrogen and oxygen atoms in total. The summed E-state index contributed by atoms with van der Waals surface area (Å²) >= 11 is 0. The molecule has 2 N–H and O–H groups in total. The Kier molecular flexibility index (Phi) is 4.51. The van der Waals surface area contributed by atoms with Gasteiger partial charge in [0.05, 0.1) is 24.6 Å². The molecule has 0 radical (unpaired) electrons. The minimum Gasteiger partial charge on any atom is -0.495 e. The Balaban J connectivity index is 1.58. The SMILES string of the molecule is COc1ccccc1NC(=O)C1CC1C(=O)Nc1cccc(C)c1. The fraction of sp³-hybridized carbons (Fsp3) is 0.263. The van der Waals surface area contributed by atoms with E-state index >= 15 is 0 Å². The summed E-state index contributed by atoms with van der Waals surface area (Å²) in [7, 11) is 1.56. The van der Waals surface area contributed by atoms with E-state index in [9.17, 15) is 9.59 Å². The van der Waals surface area contributed by atoms with Crippen molar-refractivity contribution in [1.29, 1.82) is 0 Å². The number of carbonyl (C=O) groups excluding carboxylic acids is 2. The zero-order chi connectivity index (χ0) is 17.1. The lowest BCUT2D eigenvalue weighted by Crippen LogP contribution is -2.20. The molecule has 2 atom stereocenters. The summed E-state index contributed by atoms with van der Waals surface area (Å²) in [6.45, 7) is 1.97. The van der Waals surface area contributed by atoms with Crippen LogP contribution in [-0.2, 0) is 9.59 Å². The minimum atomic E-state index is -0.292. The first-order valence-corrected chi connectivity index (χ1v) is 7.90. The summed E-state index contributed by atoms with van der Waals surface area (Å²) in [5.74, 6) is -0.225. The van der Waals surface area contributed by atoms with Gasteiger partial charge in [0, 0.05) is 5.69 Å². The van der Waals surface area contributed by atoms with Crippen LogP contribution in [0.3, 0.4) is 0 Å². The molecule has 0 heterocycles. The van der Waals surface area contributed by atoms with Gasteiger partial charge in [0.25, 0.3) is 0 Å². The van der Waals surface area contributed by atoms with Gasteiger partial charge in [-0.25, -0.2) is 0 Å². The van der Waals surface area contributed by atoms with E-state index in [1.807, 2.05) is 43.3 Å². The van der Waals surface area contributed by atoms with Gasteiger partial charge in [-0.1, -0.05) is 24.3 Å². The molecule has 3 rings (SSSR count). The quantitative estimate of drug-likeness (QED) is 0.887. The van der Waals surface area contributed by atoms with Crippen LogP contribution in [0.1, 0.15) is 12.0 Å². The van der Waals surface area contributed by atoms with Crippen molar-refractivity contribution in [2.45, 2.75) is 13.3 Å². The van der Waals surface area contributed by atoms with Crippen molar-refractivity contribution in [3.8, 4) is 5.75 Å². The molecule has 1 aliphatic carbocycles. The zero-order valence-electron chi connectivity index (χ0n) is 13.7. The van der Waals surface area contributed by atoms with Gasteiger partial charge < -0.3 is 15.4 Å². The van der Waals surface area contributed by atoms with Gasteiger partial charge in [-0.3, -0.25) is 9.59 Å². The van der Waals surface area contributed by atoms with Gasteiger partial charge in [-0.2, -0.15) is 0 Å². The lowest BCUT2D eigenvalue weighted by atomic mass is 10.2. The maximum atomic E-state index is 12.3. The predicted molar refractivity (Wildman–Crippen MR) is 93.0 cm³/mol. The summed E-state index contributed by atoms with van der Waals surface area (Å²) in [6, 6.07) is 14.8. The molecule has 1 fully saturated rings. The lowest BCUT2D eigenvalue weighted by molar-refractivity contribution is -0.122. The molecule has 1 saturated carbocycles. The van der Waals surface area contributed by atoms with E-state index in [0.717, 1.165) is 11.3 Å². The summed E-state index contributed by atoms with van der Waals surface area (Å²) in [5, 5.41) is 5.71. The number of ether oxygens (including phenoxy) is 1. The highest BCUT2D eigenvalue weighted by Crippen LogP contribution is 2.40. The summed E-state index contributed by atoms with van der Waals surface area (Å²) in [6.07, 6.45) is 0.568. The van der Waals surface area contributed by atoms with Crippen molar-refractivity contribution < 1.29 is 14.3 Å². The first-order chi connectivity index (χ1) is 11.6. The van der Waals surface area contributed by atoms with Crippen molar-refractivity contribution in [2.24, 2.45) is 11.8 Å². The van der Waals surface area contributed by atoms with Crippen molar-refractivity contribution in [1.82, 2.24) is 0 Å². The van der Waals surface area contributed by atoms with E-state index in [4.69, 9.17) is 4.74 Å². The van der Waals surface area contributed by atoms with E-state index < -0.39 is 0 Å². The van der Waals surface area contributed by atoms with Crippen LogP contribution in [0.2, 0.25) is 0 Å². The highest BCUT2D eigenvalue weighted by atomic mass is 16.5. The van der Waals surface area contributed by atoms with Gasteiger partial charge in [-0.05, 0) is 43.2 Å². The van der Waals surface area contributed by atoms with Crippen molar-refractivity contribution in [3.05, 3.63) is 54.1 Å². The predicted octanol–water partition coefficient (Wildman–Crippen LogP) is 3.22. The second kappa shape index (κ2) is 6.74. The van der Waals surface area contributed by atoms with Crippen LogP contribution < -0.4 is 15.4 Å². The number of anilines is 2. The monoisotopic (exact) mass is 324 g/mol. The van der Waals surface area contributed by atoms with E-state index in [2.05, 4.69) is 10.6 Å². The Bertz CT molecular complexity index is 773. The molecule has 0 bridgehead atoms. The van der Waals surface area contributed by atoms with Gasteiger partial charge in [-0.15, -0.1) is 0 Å². The zero-order valence-corrected chi connectivity index (χ0v) is 13.7. The molecule has 5 heteroatoms. The fourth-order valence-corrected chi connectivity index (χ4v) is 2.71. The van der Waals surface area contributed by atoms with Gasteiger partial charge in [0.15, 0.2) is 0 Å². The molecule has 0 aliphatic heterocycles. The first-order valence-electron chi connectivity index (χ1n) is 7.90. The largest absolute Gasteiger partial charge is 0.495 e. The highest BCUT2D eigenvalue weighted by Gasteiger charge is 2.48. The molecule has 0 spiro atoms. The van der Waals surface area contributed by atoms with E-state index in [0.29, 0.717) is 17.9 Å². The number of rotatable bonds is 5. The molecule has 2 unspecified atom stereocenters. The third-order valence-corrected chi connectivity index (χ3v) is 4.11. The van der Waals surface area contributed by atoms with Gasteiger partial charge in [0.2, 0.25) is 11.8 Å². The van der Waals surface area contributed by atoms with E-state index in [-0.39, 0.29) is 23.7 Å². The number of benzene rings is 2. The summed E-state index contributed by atoms with van der Waals surface area (Å²) < 4.78 is 5.22. The van der Waals surface area contributed by atoms with E-state index in [1.54, 1.807) is 19.2 Å².